The molecule has 54 heavy (non-hydrogen) atoms. The van der Waals surface area contributed by atoms with Crippen LogP contribution in [-0.4, -0.2) is 73.4 Å². The standard InChI is InChI=1S/C45H85N2O6P/c1-6-8-10-12-14-16-18-19-20-21-22-23-24-25-26-27-29-31-33-35-37-39-45(49)46-43(42-53-54(50,51)52-41-40-47(3,4)5)44(48)38-36-34-32-30-28-17-15-13-11-9-7-2/h18-19,21-22,28,30,36,38,43-44,48H,6-17,20,23-27,29,31-35,37,39-42H2,1-5H3,(H-,46,49,50,51)/p+1/b19-18-,22-21-,30-28+,38-36+. The van der Waals surface area contributed by atoms with E-state index < -0.39 is 20.0 Å². The van der Waals surface area contributed by atoms with Gasteiger partial charge in [-0.05, 0) is 64.2 Å². The number of likely N-dealkylation sites (N-methyl/N-ethyl adjacent to an activating group) is 1. The van der Waals surface area contributed by atoms with Crippen LogP contribution in [0.25, 0.3) is 0 Å². The number of allylic oxidation sites excluding steroid dienone is 7. The highest BCUT2D eigenvalue weighted by atomic mass is 31.2. The third kappa shape index (κ3) is 38.7. The number of phosphoric ester groups is 1. The predicted molar refractivity (Wildman–Crippen MR) is 231 cm³/mol. The van der Waals surface area contributed by atoms with Crippen LogP contribution in [0.3, 0.4) is 0 Å². The average Bonchev–Trinajstić information content (AvgIpc) is 3.12. The second kappa shape index (κ2) is 37.1. The molecule has 0 radical (unpaired) electrons. The predicted octanol–water partition coefficient (Wildman–Crippen LogP) is 12.1. The van der Waals surface area contributed by atoms with Crippen molar-refractivity contribution in [3.63, 3.8) is 0 Å². The minimum atomic E-state index is -4.34. The summed E-state index contributed by atoms with van der Waals surface area (Å²) >= 11 is 0. The maximum Gasteiger partial charge on any atom is 0.472 e. The molecule has 3 unspecified atom stereocenters. The molecule has 0 aliphatic heterocycles. The zero-order chi connectivity index (χ0) is 40.0. The minimum Gasteiger partial charge on any atom is -0.387 e. The van der Waals surface area contributed by atoms with E-state index in [0.29, 0.717) is 17.4 Å². The van der Waals surface area contributed by atoms with Gasteiger partial charge in [-0.3, -0.25) is 13.8 Å². The van der Waals surface area contributed by atoms with E-state index in [1.165, 1.54) is 116 Å². The molecule has 1 amide bonds. The number of amides is 1. The monoisotopic (exact) mass is 782 g/mol. The van der Waals surface area contributed by atoms with Gasteiger partial charge in [0.05, 0.1) is 39.9 Å². The number of aliphatic hydroxyl groups excluding tert-OH is 1. The fourth-order valence-electron chi connectivity index (χ4n) is 5.97. The summed E-state index contributed by atoms with van der Waals surface area (Å²) in [5.74, 6) is -0.195. The molecular formula is C45H86N2O6P+. The van der Waals surface area contributed by atoms with E-state index in [-0.39, 0.29) is 19.1 Å². The first-order chi connectivity index (χ1) is 26.0. The van der Waals surface area contributed by atoms with Crippen molar-refractivity contribution in [2.45, 2.75) is 193 Å². The number of rotatable bonds is 39. The van der Waals surface area contributed by atoms with Crippen LogP contribution in [0.5, 0.6) is 0 Å². The van der Waals surface area contributed by atoms with Gasteiger partial charge in [0.1, 0.15) is 13.2 Å². The highest BCUT2D eigenvalue weighted by molar-refractivity contribution is 7.47. The van der Waals surface area contributed by atoms with Crippen molar-refractivity contribution in [3.8, 4) is 0 Å². The largest absolute Gasteiger partial charge is 0.472 e. The quantitative estimate of drug-likeness (QED) is 0.0248. The topological polar surface area (TPSA) is 105 Å². The summed E-state index contributed by atoms with van der Waals surface area (Å²) in [5, 5.41) is 13.8. The number of nitrogens with zero attached hydrogens (tertiary/aromatic N) is 1. The first-order valence-corrected chi connectivity index (χ1v) is 23.5. The summed E-state index contributed by atoms with van der Waals surface area (Å²) in [7, 11) is 1.54. The summed E-state index contributed by atoms with van der Waals surface area (Å²) < 4.78 is 23.5. The van der Waals surface area contributed by atoms with E-state index in [2.05, 4.69) is 55.6 Å². The van der Waals surface area contributed by atoms with Gasteiger partial charge in [0.15, 0.2) is 0 Å². The lowest BCUT2D eigenvalue weighted by molar-refractivity contribution is -0.870. The van der Waals surface area contributed by atoms with Crippen LogP contribution in [0, 0.1) is 0 Å². The fourth-order valence-corrected chi connectivity index (χ4v) is 6.70. The third-order valence-corrected chi connectivity index (χ3v) is 10.5. The Hall–Kier alpha value is -1.54. The molecule has 0 aromatic rings. The van der Waals surface area contributed by atoms with Crippen LogP contribution in [0.1, 0.15) is 181 Å². The first kappa shape index (κ1) is 52.5. The highest BCUT2D eigenvalue weighted by Gasteiger charge is 2.27. The van der Waals surface area contributed by atoms with E-state index in [1.807, 2.05) is 27.2 Å². The number of phosphoric acid groups is 1. The Morgan fingerprint density at radius 1 is 0.630 bits per heavy atom. The van der Waals surface area contributed by atoms with E-state index in [9.17, 15) is 19.4 Å². The van der Waals surface area contributed by atoms with Crippen molar-refractivity contribution in [1.29, 1.82) is 0 Å². The number of hydrogen-bond donors (Lipinski definition) is 3. The zero-order valence-electron chi connectivity index (χ0n) is 35.7. The molecule has 8 nitrogen and oxygen atoms in total. The number of hydrogen-bond acceptors (Lipinski definition) is 5. The van der Waals surface area contributed by atoms with Gasteiger partial charge in [-0.25, -0.2) is 4.57 Å². The van der Waals surface area contributed by atoms with Crippen LogP contribution in [0.2, 0.25) is 0 Å². The van der Waals surface area contributed by atoms with Gasteiger partial charge in [-0.1, -0.05) is 159 Å². The van der Waals surface area contributed by atoms with Gasteiger partial charge in [0, 0.05) is 6.42 Å². The Bertz CT molecular complexity index is 1020. The third-order valence-electron chi connectivity index (χ3n) is 9.52. The van der Waals surface area contributed by atoms with Crippen LogP contribution in [0.4, 0.5) is 0 Å². The summed E-state index contributed by atoms with van der Waals surface area (Å²) in [5.41, 5.74) is 0. The van der Waals surface area contributed by atoms with Crippen molar-refractivity contribution >= 4 is 13.7 Å². The smallest absolute Gasteiger partial charge is 0.387 e. The lowest BCUT2D eigenvalue weighted by Gasteiger charge is -2.25. The Labute approximate surface area is 333 Å². The molecule has 0 bridgehead atoms. The second-order valence-electron chi connectivity index (χ2n) is 16.1. The second-order valence-corrected chi connectivity index (χ2v) is 17.5. The molecule has 0 aliphatic carbocycles. The Morgan fingerprint density at radius 2 is 1.07 bits per heavy atom. The Balaban J connectivity index is 4.37. The lowest BCUT2D eigenvalue weighted by atomic mass is 10.1. The highest BCUT2D eigenvalue weighted by Crippen LogP contribution is 2.43. The number of aliphatic hydroxyl groups is 1. The first-order valence-electron chi connectivity index (χ1n) is 22.0. The zero-order valence-corrected chi connectivity index (χ0v) is 36.6. The number of carbonyl (C=O) groups excluding carboxylic acids is 1. The van der Waals surface area contributed by atoms with Gasteiger partial charge in [-0.2, -0.15) is 0 Å². The molecule has 0 fully saturated rings. The molecule has 0 heterocycles. The summed E-state index contributed by atoms with van der Waals surface area (Å²) in [6, 6.07) is -0.864. The number of carbonyl (C=O) groups is 1. The van der Waals surface area contributed by atoms with Gasteiger partial charge >= 0.3 is 7.82 Å². The van der Waals surface area contributed by atoms with Crippen molar-refractivity contribution < 1.29 is 32.9 Å². The SMILES string of the molecule is CCCCCCC/C=C\C/C=C\CCCCCCCCCCCC(=O)NC(COP(=O)(O)OCC[N+](C)(C)C)C(O)/C=C/CC/C=C/CCCCCCC. The van der Waals surface area contributed by atoms with Gasteiger partial charge < -0.3 is 19.8 Å². The maximum atomic E-state index is 12.8. The summed E-state index contributed by atoms with van der Waals surface area (Å²) in [6.45, 7) is 4.74. The molecule has 0 saturated carbocycles. The van der Waals surface area contributed by atoms with Crippen molar-refractivity contribution in [3.05, 3.63) is 48.6 Å². The van der Waals surface area contributed by atoms with Crippen LogP contribution in [-0.2, 0) is 18.4 Å². The van der Waals surface area contributed by atoms with E-state index >= 15 is 0 Å². The lowest BCUT2D eigenvalue weighted by Crippen LogP contribution is -2.45. The molecule has 0 spiro atoms. The van der Waals surface area contributed by atoms with E-state index in [0.717, 1.165) is 44.9 Å². The molecular weight excluding hydrogens is 695 g/mol. The fraction of sp³-hybridized carbons (Fsp3) is 0.800. The number of unbranched alkanes of at least 4 members (excludes halogenated alkanes) is 20. The molecule has 0 aromatic carbocycles. The summed E-state index contributed by atoms with van der Waals surface area (Å²) in [6.07, 6.45) is 46.1. The van der Waals surface area contributed by atoms with Gasteiger partial charge in [-0.15, -0.1) is 0 Å². The molecule has 0 saturated heterocycles. The number of quaternary nitrogens is 1. The van der Waals surface area contributed by atoms with Gasteiger partial charge in [0.25, 0.3) is 0 Å². The molecule has 316 valence electrons. The molecule has 0 aliphatic rings. The van der Waals surface area contributed by atoms with E-state index in [1.54, 1.807) is 6.08 Å². The Morgan fingerprint density at radius 3 is 1.59 bits per heavy atom. The minimum absolute atomic E-state index is 0.0538. The van der Waals surface area contributed by atoms with Crippen LogP contribution in [0.15, 0.2) is 48.6 Å². The van der Waals surface area contributed by atoms with Crippen LogP contribution >= 0.6 is 7.82 Å². The van der Waals surface area contributed by atoms with Gasteiger partial charge in [0.2, 0.25) is 5.91 Å². The molecule has 9 heteroatoms. The van der Waals surface area contributed by atoms with Crippen LogP contribution < -0.4 is 5.32 Å². The van der Waals surface area contributed by atoms with Crippen molar-refractivity contribution in [1.82, 2.24) is 5.32 Å². The molecule has 0 rings (SSSR count). The molecule has 3 atom stereocenters. The van der Waals surface area contributed by atoms with Crippen molar-refractivity contribution in [2.75, 3.05) is 40.9 Å². The Kier molecular flexibility index (Phi) is 36.0. The number of nitrogens with one attached hydrogen (secondary N) is 1. The van der Waals surface area contributed by atoms with Crippen molar-refractivity contribution in [2.24, 2.45) is 0 Å². The van der Waals surface area contributed by atoms with E-state index in [4.69, 9.17) is 9.05 Å². The summed E-state index contributed by atoms with van der Waals surface area (Å²) in [4.78, 5) is 23.1. The molecule has 3 N–H and O–H groups in total. The molecule has 0 aromatic heterocycles. The normalized spacial score (nSPS) is 14.9. The maximum absolute atomic E-state index is 12.8. The average molecular weight is 782 g/mol.